The Morgan fingerprint density at radius 1 is 0.958 bits per heavy atom. The van der Waals surface area contributed by atoms with Crippen LogP contribution in [0.2, 0.25) is 0 Å². The van der Waals surface area contributed by atoms with E-state index < -0.39 is 17.9 Å². The lowest BCUT2D eigenvalue weighted by molar-refractivity contribution is -0.128. The third-order valence-electron chi connectivity index (χ3n) is 5.78. The highest BCUT2D eigenvalue weighted by Crippen LogP contribution is 2.48. The molecule has 1 aromatic carbocycles. The van der Waals surface area contributed by atoms with E-state index >= 15 is 0 Å². The first-order valence-corrected chi connectivity index (χ1v) is 8.57. The fraction of sp³-hybridized carbons (Fsp3) is 0.421. The number of para-hydroxylation sites is 1. The van der Waals surface area contributed by atoms with Gasteiger partial charge in [-0.05, 0) is 37.0 Å². The largest absolute Gasteiger partial charge is 0.293 e. The van der Waals surface area contributed by atoms with Crippen LogP contribution in [0.5, 0.6) is 0 Å². The smallest absolute Gasteiger partial charge is 0.239 e. The van der Waals surface area contributed by atoms with E-state index in [1.54, 1.807) is 18.2 Å². The van der Waals surface area contributed by atoms with Crippen LogP contribution in [0.4, 0.5) is 5.69 Å². The lowest BCUT2D eigenvalue weighted by Crippen LogP contribution is -2.49. The van der Waals surface area contributed by atoms with Crippen LogP contribution in [0.25, 0.3) is 0 Å². The van der Waals surface area contributed by atoms with Crippen molar-refractivity contribution < 1.29 is 14.4 Å². The summed E-state index contributed by atoms with van der Waals surface area (Å²) in [5, 5.41) is 0. The summed E-state index contributed by atoms with van der Waals surface area (Å²) in [5.41, 5.74) is 0.602. The van der Waals surface area contributed by atoms with Gasteiger partial charge >= 0.3 is 0 Å². The molecule has 3 fully saturated rings. The lowest BCUT2D eigenvalue weighted by atomic mass is 9.90. The Kier molecular flexibility index (Phi) is 2.86. The van der Waals surface area contributed by atoms with Gasteiger partial charge in [0.15, 0.2) is 5.78 Å². The second kappa shape index (κ2) is 4.86. The molecule has 24 heavy (non-hydrogen) atoms. The Labute approximate surface area is 139 Å². The van der Waals surface area contributed by atoms with E-state index in [1.165, 1.54) is 17.7 Å². The number of ketones is 1. The van der Waals surface area contributed by atoms with Gasteiger partial charge in [0.2, 0.25) is 11.8 Å². The number of hydrogen-bond donors (Lipinski definition) is 0. The summed E-state index contributed by atoms with van der Waals surface area (Å²) in [5.74, 6) is -0.766. The maximum Gasteiger partial charge on any atom is 0.239 e. The molecule has 0 aromatic heterocycles. The van der Waals surface area contributed by atoms with Crippen molar-refractivity contribution >= 4 is 23.3 Å². The van der Waals surface area contributed by atoms with Gasteiger partial charge in [0, 0.05) is 12.6 Å². The van der Waals surface area contributed by atoms with Crippen molar-refractivity contribution in [1.82, 2.24) is 4.90 Å². The SMILES string of the molecule is O=C1C=CC2[C@@H]3C(=O)N(c4ccccc4)C(=O)[C@@H]3C1N2CC1CC1. The number of rotatable bonds is 3. The Balaban J connectivity index is 1.54. The zero-order valence-corrected chi connectivity index (χ0v) is 13.2. The van der Waals surface area contributed by atoms with Gasteiger partial charge in [-0.3, -0.25) is 19.3 Å². The minimum absolute atomic E-state index is 0.0320. The highest BCUT2D eigenvalue weighted by Gasteiger charge is 2.64. The Hall–Kier alpha value is -2.27. The highest BCUT2D eigenvalue weighted by atomic mass is 16.2. The molecule has 5 heteroatoms. The Bertz CT molecular complexity index is 768. The van der Waals surface area contributed by atoms with Crippen LogP contribution in [0.1, 0.15) is 12.8 Å². The number of fused-ring (bicyclic) bond motifs is 5. The molecule has 0 radical (unpaired) electrons. The highest BCUT2D eigenvalue weighted by molar-refractivity contribution is 6.24. The zero-order chi connectivity index (χ0) is 16.4. The summed E-state index contributed by atoms with van der Waals surface area (Å²) in [7, 11) is 0. The van der Waals surface area contributed by atoms with Crippen molar-refractivity contribution in [2.75, 3.05) is 11.4 Å². The van der Waals surface area contributed by atoms with E-state index in [2.05, 4.69) is 4.90 Å². The first-order chi connectivity index (χ1) is 11.7. The van der Waals surface area contributed by atoms with Crippen LogP contribution in [-0.4, -0.2) is 41.1 Å². The summed E-state index contributed by atoms with van der Waals surface area (Å²) in [4.78, 5) is 42.0. The molecule has 1 aliphatic carbocycles. The monoisotopic (exact) mass is 322 g/mol. The summed E-state index contributed by atoms with van der Waals surface area (Å²) in [6, 6.07) is 8.44. The van der Waals surface area contributed by atoms with E-state index in [-0.39, 0.29) is 23.6 Å². The van der Waals surface area contributed by atoms with Crippen molar-refractivity contribution in [2.24, 2.45) is 17.8 Å². The molecule has 4 atom stereocenters. The van der Waals surface area contributed by atoms with Gasteiger partial charge in [0.25, 0.3) is 0 Å². The fourth-order valence-corrected chi connectivity index (χ4v) is 4.53. The standard InChI is InChI=1S/C19H18N2O3/c22-14-9-8-13-15-16(17(14)20(13)10-11-6-7-11)19(24)21(18(15)23)12-4-2-1-3-5-12/h1-5,8-9,11,13,15-17H,6-7,10H2/t13?,15-,16-,17?/m0/s1. The van der Waals surface area contributed by atoms with Crippen LogP contribution >= 0.6 is 0 Å². The molecule has 1 saturated carbocycles. The third-order valence-corrected chi connectivity index (χ3v) is 5.78. The summed E-state index contributed by atoms with van der Waals surface area (Å²) >= 11 is 0. The van der Waals surface area contributed by atoms with E-state index in [0.717, 1.165) is 6.54 Å². The predicted molar refractivity (Wildman–Crippen MR) is 87.1 cm³/mol. The molecular weight excluding hydrogens is 304 g/mol. The van der Waals surface area contributed by atoms with E-state index in [4.69, 9.17) is 0 Å². The Morgan fingerprint density at radius 2 is 1.67 bits per heavy atom. The lowest BCUT2D eigenvalue weighted by Gasteiger charge is -2.33. The topological polar surface area (TPSA) is 57.7 Å². The predicted octanol–water partition coefficient (Wildman–Crippen LogP) is 1.39. The first-order valence-electron chi connectivity index (χ1n) is 8.57. The number of anilines is 1. The van der Waals surface area contributed by atoms with Crippen molar-refractivity contribution in [3.63, 3.8) is 0 Å². The average Bonchev–Trinajstić information content (AvgIpc) is 3.30. The number of amides is 2. The van der Waals surface area contributed by atoms with Gasteiger partial charge in [-0.2, -0.15) is 0 Å². The molecule has 2 bridgehead atoms. The molecule has 1 aromatic rings. The normalized spacial score (nSPS) is 35.0. The molecule has 3 heterocycles. The van der Waals surface area contributed by atoms with Gasteiger partial charge in [-0.15, -0.1) is 0 Å². The van der Waals surface area contributed by atoms with Gasteiger partial charge in [0.05, 0.1) is 23.6 Å². The molecule has 5 rings (SSSR count). The number of carbonyl (C=O) groups excluding carboxylic acids is 3. The second-order valence-electron chi connectivity index (χ2n) is 7.24. The minimum atomic E-state index is -0.538. The van der Waals surface area contributed by atoms with Crippen molar-refractivity contribution in [1.29, 1.82) is 0 Å². The first kappa shape index (κ1) is 14.1. The average molecular weight is 322 g/mol. The molecule has 0 spiro atoms. The summed E-state index contributed by atoms with van der Waals surface area (Å²) in [6.07, 6.45) is 5.78. The van der Waals surface area contributed by atoms with E-state index in [1.807, 2.05) is 24.3 Å². The van der Waals surface area contributed by atoms with Crippen molar-refractivity contribution in [2.45, 2.75) is 24.9 Å². The molecule has 0 N–H and O–H groups in total. The number of carbonyl (C=O) groups is 3. The van der Waals surface area contributed by atoms with Crippen molar-refractivity contribution in [3.05, 3.63) is 42.5 Å². The molecular formula is C19H18N2O3. The molecule has 4 aliphatic rings. The summed E-state index contributed by atoms with van der Waals surface area (Å²) in [6.45, 7) is 0.824. The molecule has 2 amide bonds. The van der Waals surface area contributed by atoms with Gasteiger partial charge in [-0.1, -0.05) is 24.3 Å². The van der Waals surface area contributed by atoms with E-state index in [9.17, 15) is 14.4 Å². The van der Waals surface area contributed by atoms with Crippen LogP contribution < -0.4 is 4.90 Å². The zero-order valence-electron chi connectivity index (χ0n) is 13.2. The molecule has 5 nitrogen and oxygen atoms in total. The number of nitrogens with zero attached hydrogens (tertiary/aromatic N) is 2. The third kappa shape index (κ3) is 1.82. The summed E-state index contributed by atoms with van der Waals surface area (Å²) < 4.78 is 0. The van der Waals surface area contributed by atoms with Gasteiger partial charge in [-0.25, -0.2) is 4.90 Å². The molecule has 2 unspecified atom stereocenters. The van der Waals surface area contributed by atoms with Crippen LogP contribution in [0.15, 0.2) is 42.5 Å². The van der Waals surface area contributed by atoms with E-state index in [0.29, 0.717) is 11.6 Å². The maximum absolute atomic E-state index is 13.0. The molecule has 3 aliphatic heterocycles. The van der Waals surface area contributed by atoms with Crippen LogP contribution in [-0.2, 0) is 14.4 Å². The molecule has 2 saturated heterocycles. The van der Waals surface area contributed by atoms with Crippen LogP contribution in [0.3, 0.4) is 0 Å². The quantitative estimate of drug-likeness (QED) is 0.789. The van der Waals surface area contributed by atoms with Gasteiger partial charge in [0.1, 0.15) is 0 Å². The Morgan fingerprint density at radius 3 is 2.38 bits per heavy atom. The number of imide groups is 1. The second-order valence-corrected chi connectivity index (χ2v) is 7.24. The maximum atomic E-state index is 13.0. The van der Waals surface area contributed by atoms with Crippen molar-refractivity contribution in [3.8, 4) is 0 Å². The molecule has 122 valence electrons. The fourth-order valence-electron chi connectivity index (χ4n) is 4.53. The van der Waals surface area contributed by atoms with Gasteiger partial charge < -0.3 is 0 Å². The number of hydrogen-bond acceptors (Lipinski definition) is 4. The number of benzene rings is 1. The minimum Gasteiger partial charge on any atom is -0.293 e. The van der Waals surface area contributed by atoms with Crippen LogP contribution in [0, 0.1) is 17.8 Å².